The maximum atomic E-state index is 11.0. The van der Waals surface area contributed by atoms with Crippen LogP contribution in [0.3, 0.4) is 0 Å². The van der Waals surface area contributed by atoms with Crippen LogP contribution in [-0.2, 0) is 4.79 Å². The van der Waals surface area contributed by atoms with Crippen LogP contribution in [0.1, 0.15) is 40.5 Å². The van der Waals surface area contributed by atoms with E-state index in [1.807, 2.05) is 0 Å². The molecule has 1 aliphatic rings. The number of ketones is 1. The molecule has 17 heavy (non-hydrogen) atoms. The molecule has 0 unspecified atom stereocenters. The molecule has 0 aromatic carbocycles. The highest BCUT2D eigenvalue weighted by atomic mass is 16.4. The molecule has 4 heteroatoms. The topological polar surface area (TPSA) is 77.8 Å². The Morgan fingerprint density at radius 3 is 2.18 bits per heavy atom. The first-order chi connectivity index (χ1) is 7.52. The summed E-state index contributed by atoms with van der Waals surface area (Å²) in [6.45, 7) is 6.42. The highest BCUT2D eigenvalue weighted by Gasteiger charge is 2.58. The third-order valence-electron chi connectivity index (χ3n) is 3.79. The maximum absolute atomic E-state index is 11.0. The number of aliphatic hydroxyl groups excluding tert-OH is 1. The highest BCUT2D eigenvalue weighted by molar-refractivity contribution is 5.87. The molecule has 0 radical (unpaired) electrons. The van der Waals surface area contributed by atoms with Crippen LogP contribution in [0.2, 0.25) is 0 Å². The molecule has 0 heterocycles. The molecule has 3 atom stereocenters. The Kier molecular flexibility index (Phi) is 3.54. The van der Waals surface area contributed by atoms with Crippen molar-refractivity contribution in [3.63, 3.8) is 0 Å². The molecule has 0 saturated heterocycles. The Bertz CT molecular complexity index is 323. The van der Waals surface area contributed by atoms with Gasteiger partial charge in [0.2, 0.25) is 0 Å². The van der Waals surface area contributed by atoms with Crippen LogP contribution in [0.5, 0.6) is 0 Å². The van der Waals surface area contributed by atoms with Gasteiger partial charge in [-0.1, -0.05) is 13.8 Å². The number of carbonyl (C=O) groups excluding carboxylic acids is 1. The lowest BCUT2D eigenvalue weighted by Crippen LogP contribution is -2.65. The summed E-state index contributed by atoms with van der Waals surface area (Å²) in [5.41, 5.74) is -3.69. The molecule has 1 rings (SSSR count). The Balaban J connectivity index is 3.19. The third kappa shape index (κ3) is 2.44. The Morgan fingerprint density at radius 2 is 1.76 bits per heavy atom. The van der Waals surface area contributed by atoms with E-state index in [-0.39, 0.29) is 12.2 Å². The van der Waals surface area contributed by atoms with Crippen LogP contribution in [0.15, 0.2) is 12.2 Å². The second kappa shape index (κ2) is 4.19. The summed E-state index contributed by atoms with van der Waals surface area (Å²) >= 11 is 0. The second-order valence-electron chi connectivity index (χ2n) is 5.93. The molecule has 0 spiro atoms. The van der Waals surface area contributed by atoms with Gasteiger partial charge in [0.1, 0.15) is 5.60 Å². The molecule has 1 saturated carbocycles. The average Bonchev–Trinajstić information content (AvgIpc) is 2.09. The van der Waals surface area contributed by atoms with Gasteiger partial charge in [0, 0.05) is 11.8 Å². The molecule has 4 nitrogen and oxygen atoms in total. The van der Waals surface area contributed by atoms with Crippen LogP contribution in [-0.4, -0.2) is 38.4 Å². The molecule has 0 amide bonds. The summed E-state index contributed by atoms with van der Waals surface area (Å²) in [4.78, 5) is 11.0. The number of rotatable bonds is 2. The molecular formula is C13H22O4. The molecular weight excluding hydrogens is 220 g/mol. The van der Waals surface area contributed by atoms with E-state index in [9.17, 15) is 20.1 Å². The van der Waals surface area contributed by atoms with Gasteiger partial charge < -0.3 is 15.3 Å². The first kappa shape index (κ1) is 14.4. The van der Waals surface area contributed by atoms with Crippen molar-refractivity contribution in [2.24, 2.45) is 5.41 Å². The first-order valence-corrected chi connectivity index (χ1v) is 5.84. The summed E-state index contributed by atoms with van der Waals surface area (Å²) in [6.07, 6.45) is 2.46. The summed E-state index contributed by atoms with van der Waals surface area (Å²) in [5.74, 6) is -0.184. The van der Waals surface area contributed by atoms with E-state index in [1.54, 1.807) is 13.8 Å². The Morgan fingerprint density at radius 1 is 1.24 bits per heavy atom. The van der Waals surface area contributed by atoms with Crippen molar-refractivity contribution in [1.29, 1.82) is 0 Å². The predicted octanol–water partition coefficient (Wildman–Crippen LogP) is 0.795. The smallest absolute Gasteiger partial charge is 0.152 e. The zero-order valence-electron chi connectivity index (χ0n) is 10.9. The zero-order valence-corrected chi connectivity index (χ0v) is 10.9. The van der Waals surface area contributed by atoms with E-state index in [4.69, 9.17) is 0 Å². The first-order valence-electron chi connectivity index (χ1n) is 5.84. The SMILES string of the molecule is CC(=O)C=C[C@]1(O)C(C)(C)C[C@H](O)C[C@@]1(C)O. The molecule has 0 aromatic rings. The fraction of sp³-hybridized carbons (Fsp3) is 0.769. The van der Waals surface area contributed by atoms with E-state index in [1.165, 1.54) is 26.0 Å². The van der Waals surface area contributed by atoms with Crippen molar-refractivity contribution < 1.29 is 20.1 Å². The van der Waals surface area contributed by atoms with Gasteiger partial charge in [-0.3, -0.25) is 4.79 Å². The van der Waals surface area contributed by atoms with E-state index in [0.29, 0.717) is 6.42 Å². The Labute approximate surface area is 102 Å². The fourth-order valence-electron chi connectivity index (χ4n) is 2.80. The van der Waals surface area contributed by atoms with Gasteiger partial charge in [-0.05, 0) is 32.4 Å². The molecule has 0 aromatic heterocycles. The number of allylic oxidation sites excluding steroid dienone is 1. The van der Waals surface area contributed by atoms with E-state index < -0.39 is 22.7 Å². The summed E-state index contributed by atoms with van der Waals surface area (Å²) in [6, 6.07) is 0. The van der Waals surface area contributed by atoms with Gasteiger partial charge in [0.25, 0.3) is 0 Å². The number of aliphatic hydroxyl groups is 3. The van der Waals surface area contributed by atoms with E-state index in [2.05, 4.69) is 0 Å². The van der Waals surface area contributed by atoms with Gasteiger partial charge in [-0.15, -0.1) is 0 Å². The quantitative estimate of drug-likeness (QED) is 0.626. The van der Waals surface area contributed by atoms with Crippen molar-refractivity contribution >= 4 is 5.78 Å². The third-order valence-corrected chi connectivity index (χ3v) is 3.79. The lowest BCUT2D eigenvalue weighted by molar-refractivity contribution is -0.216. The van der Waals surface area contributed by atoms with E-state index >= 15 is 0 Å². The van der Waals surface area contributed by atoms with Crippen molar-refractivity contribution in [1.82, 2.24) is 0 Å². The molecule has 1 aliphatic carbocycles. The lowest BCUT2D eigenvalue weighted by atomic mass is 9.57. The van der Waals surface area contributed by atoms with Crippen molar-refractivity contribution in [2.45, 2.75) is 57.8 Å². The number of hydrogen-bond acceptors (Lipinski definition) is 4. The van der Waals surface area contributed by atoms with Crippen LogP contribution >= 0.6 is 0 Å². The molecule has 1 fully saturated rings. The molecule has 3 N–H and O–H groups in total. The van der Waals surface area contributed by atoms with E-state index in [0.717, 1.165) is 0 Å². The standard InChI is InChI=1S/C13H22O4/c1-9(14)5-6-13(17)11(2,3)7-10(15)8-12(13,4)16/h5-6,10,15-17H,7-8H2,1-4H3/t10-,12+,13-/m0/s1. The van der Waals surface area contributed by atoms with Gasteiger partial charge in [0.05, 0.1) is 11.7 Å². The average molecular weight is 242 g/mol. The van der Waals surface area contributed by atoms with Crippen LogP contribution in [0, 0.1) is 5.41 Å². The predicted molar refractivity (Wildman–Crippen MR) is 64.4 cm³/mol. The van der Waals surface area contributed by atoms with Gasteiger partial charge in [0.15, 0.2) is 5.78 Å². The van der Waals surface area contributed by atoms with Gasteiger partial charge in [-0.25, -0.2) is 0 Å². The van der Waals surface area contributed by atoms with Crippen molar-refractivity contribution in [2.75, 3.05) is 0 Å². The minimum absolute atomic E-state index is 0.0924. The van der Waals surface area contributed by atoms with Crippen LogP contribution in [0.4, 0.5) is 0 Å². The lowest BCUT2D eigenvalue weighted by Gasteiger charge is -2.54. The summed E-state index contributed by atoms with van der Waals surface area (Å²) in [7, 11) is 0. The minimum atomic E-state index is -1.52. The molecule has 98 valence electrons. The van der Waals surface area contributed by atoms with Crippen molar-refractivity contribution in [3.8, 4) is 0 Å². The van der Waals surface area contributed by atoms with Crippen LogP contribution in [0.25, 0.3) is 0 Å². The fourth-order valence-corrected chi connectivity index (χ4v) is 2.80. The number of carbonyl (C=O) groups is 1. The van der Waals surface area contributed by atoms with Crippen LogP contribution < -0.4 is 0 Å². The largest absolute Gasteiger partial charge is 0.393 e. The second-order valence-corrected chi connectivity index (χ2v) is 5.93. The van der Waals surface area contributed by atoms with Gasteiger partial charge in [-0.2, -0.15) is 0 Å². The summed E-state index contributed by atoms with van der Waals surface area (Å²) in [5, 5.41) is 30.8. The highest BCUT2D eigenvalue weighted by Crippen LogP contribution is 2.50. The normalized spacial score (nSPS) is 41.7. The van der Waals surface area contributed by atoms with Crippen molar-refractivity contribution in [3.05, 3.63) is 12.2 Å². The maximum Gasteiger partial charge on any atom is 0.152 e. The molecule has 0 aliphatic heterocycles. The number of hydrogen-bond donors (Lipinski definition) is 3. The Hall–Kier alpha value is -0.710. The molecule has 0 bridgehead atoms. The monoisotopic (exact) mass is 242 g/mol. The minimum Gasteiger partial charge on any atom is -0.393 e. The summed E-state index contributed by atoms with van der Waals surface area (Å²) < 4.78 is 0. The van der Waals surface area contributed by atoms with Gasteiger partial charge >= 0.3 is 0 Å². The zero-order chi connectivity index (χ0) is 13.5.